The lowest BCUT2D eigenvalue weighted by atomic mass is 9.85. The fourth-order valence-corrected chi connectivity index (χ4v) is 2.63. The molecular weight excluding hydrogens is 215 g/mol. The number of hydrogen-bond donors (Lipinski definition) is 2. The van der Waals surface area contributed by atoms with Crippen LogP contribution in [0.15, 0.2) is 24.3 Å². The van der Waals surface area contributed by atoms with Gasteiger partial charge in [-0.25, -0.2) is 4.39 Å². The first-order valence-corrected chi connectivity index (χ1v) is 6.30. The van der Waals surface area contributed by atoms with Crippen molar-refractivity contribution in [2.75, 3.05) is 6.54 Å². The van der Waals surface area contributed by atoms with Crippen molar-refractivity contribution in [3.63, 3.8) is 0 Å². The van der Waals surface area contributed by atoms with Crippen LogP contribution in [-0.2, 0) is 6.54 Å². The summed E-state index contributed by atoms with van der Waals surface area (Å²) in [5, 5.41) is 3.26. The first-order chi connectivity index (χ1) is 8.15. The lowest BCUT2D eigenvalue weighted by Crippen LogP contribution is -2.36. The van der Waals surface area contributed by atoms with Crippen LogP contribution in [0.2, 0.25) is 0 Å². The molecule has 0 fully saturated rings. The SMILES string of the molecule is CC(C)C(CN)C(F)C1NCc2ccccc21. The number of fused-ring (bicyclic) bond motifs is 1. The molecule has 2 nitrogen and oxygen atoms in total. The maximum atomic E-state index is 14.6. The molecular formula is C14H21FN2. The molecule has 17 heavy (non-hydrogen) atoms. The summed E-state index contributed by atoms with van der Waals surface area (Å²) in [6.07, 6.45) is -0.913. The van der Waals surface area contributed by atoms with E-state index in [4.69, 9.17) is 5.73 Å². The van der Waals surface area contributed by atoms with Gasteiger partial charge in [-0.3, -0.25) is 0 Å². The summed E-state index contributed by atoms with van der Waals surface area (Å²) in [7, 11) is 0. The molecule has 3 unspecified atom stereocenters. The van der Waals surface area contributed by atoms with Gasteiger partial charge < -0.3 is 11.1 Å². The highest BCUT2D eigenvalue weighted by Crippen LogP contribution is 2.34. The van der Waals surface area contributed by atoms with Crippen LogP contribution in [0.5, 0.6) is 0 Å². The van der Waals surface area contributed by atoms with E-state index in [0.29, 0.717) is 6.54 Å². The summed E-state index contributed by atoms with van der Waals surface area (Å²) >= 11 is 0. The second-order valence-electron chi connectivity index (χ2n) is 5.15. The first kappa shape index (κ1) is 12.5. The van der Waals surface area contributed by atoms with Crippen molar-refractivity contribution in [3.8, 4) is 0 Å². The highest BCUT2D eigenvalue weighted by atomic mass is 19.1. The van der Waals surface area contributed by atoms with Crippen molar-refractivity contribution in [1.82, 2.24) is 5.32 Å². The number of benzene rings is 1. The molecule has 2 rings (SSSR count). The Hall–Kier alpha value is -0.930. The molecule has 0 spiro atoms. The first-order valence-electron chi connectivity index (χ1n) is 6.30. The van der Waals surface area contributed by atoms with Gasteiger partial charge in [0.15, 0.2) is 0 Å². The number of halogens is 1. The molecule has 0 saturated heterocycles. The Morgan fingerprint density at radius 2 is 2.12 bits per heavy atom. The Morgan fingerprint density at radius 3 is 2.76 bits per heavy atom. The third kappa shape index (κ3) is 2.35. The van der Waals surface area contributed by atoms with Crippen molar-refractivity contribution < 1.29 is 4.39 Å². The van der Waals surface area contributed by atoms with Gasteiger partial charge in [0.25, 0.3) is 0 Å². The van der Waals surface area contributed by atoms with Gasteiger partial charge in [0.05, 0.1) is 6.04 Å². The number of alkyl halides is 1. The Balaban J connectivity index is 2.19. The van der Waals surface area contributed by atoms with E-state index in [1.54, 1.807) is 0 Å². The highest BCUT2D eigenvalue weighted by molar-refractivity contribution is 5.34. The minimum absolute atomic E-state index is 0.0846. The fourth-order valence-electron chi connectivity index (χ4n) is 2.63. The van der Waals surface area contributed by atoms with Crippen LogP contribution in [0, 0.1) is 11.8 Å². The third-order valence-electron chi connectivity index (χ3n) is 3.76. The van der Waals surface area contributed by atoms with Crippen molar-refractivity contribution >= 4 is 0 Å². The zero-order valence-electron chi connectivity index (χ0n) is 10.5. The predicted octanol–water partition coefficient (Wildman–Crippen LogP) is 2.40. The molecule has 0 radical (unpaired) electrons. The van der Waals surface area contributed by atoms with Crippen LogP contribution in [0.1, 0.15) is 31.0 Å². The van der Waals surface area contributed by atoms with Gasteiger partial charge in [-0.1, -0.05) is 38.1 Å². The van der Waals surface area contributed by atoms with E-state index in [0.717, 1.165) is 12.1 Å². The van der Waals surface area contributed by atoms with Gasteiger partial charge in [0, 0.05) is 12.5 Å². The van der Waals surface area contributed by atoms with Gasteiger partial charge in [-0.05, 0) is 23.6 Å². The summed E-state index contributed by atoms with van der Waals surface area (Å²) in [5.74, 6) is 0.184. The Morgan fingerprint density at radius 1 is 1.41 bits per heavy atom. The second kappa shape index (κ2) is 5.15. The van der Waals surface area contributed by atoms with E-state index in [9.17, 15) is 4.39 Å². The third-order valence-corrected chi connectivity index (χ3v) is 3.76. The number of hydrogen-bond acceptors (Lipinski definition) is 2. The predicted molar refractivity (Wildman–Crippen MR) is 68.3 cm³/mol. The average Bonchev–Trinajstić information content (AvgIpc) is 2.72. The van der Waals surface area contributed by atoms with Crippen LogP contribution in [0.25, 0.3) is 0 Å². The van der Waals surface area contributed by atoms with Crippen molar-refractivity contribution in [1.29, 1.82) is 0 Å². The molecule has 0 bridgehead atoms. The topological polar surface area (TPSA) is 38.0 Å². The van der Waals surface area contributed by atoms with E-state index in [2.05, 4.69) is 11.4 Å². The molecule has 94 valence electrons. The lowest BCUT2D eigenvalue weighted by Gasteiger charge is -2.28. The molecule has 3 atom stereocenters. The molecule has 0 aliphatic carbocycles. The summed E-state index contributed by atoms with van der Waals surface area (Å²) < 4.78 is 14.6. The van der Waals surface area contributed by atoms with E-state index in [1.807, 2.05) is 32.0 Å². The maximum absolute atomic E-state index is 14.6. The van der Waals surface area contributed by atoms with E-state index >= 15 is 0 Å². The van der Waals surface area contributed by atoms with Crippen LogP contribution >= 0.6 is 0 Å². The summed E-state index contributed by atoms with van der Waals surface area (Å²) in [6, 6.07) is 7.85. The Kier molecular flexibility index (Phi) is 3.79. The van der Waals surface area contributed by atoms with Crippen molar-refractivity contribution in [2.45, 2.75) is 32.6 Å². The highest BCUT2D eigenvalue weighted by Gasteiger charge is 2.35. The summed E-state index contributed by atoms with van der Waals surface area (Å²) in [6.45, 7) is 5.23. The smallest absolute Gasteiger partial charge is 0.124 e. The number of rotatable bonds is 4. The lowest BCUT2D eigenvalue weighted by molar-refractivity contribution is 0.144. The van der Waals surface area contributed by atoms with E-state index < -0.39 is 6.17 Å². The molecule has 3 N–H and O–H groups in total. The molecule has 0 saturated carbocycles. The normalized spacial score (nSPS) is 22.5. The minimum atomic E-state index is -0.913. The molecule has 0 aromatic heterocycles. The van der Waals surface area contributed by atoms with Gasteiger partial charge in [-0.2, -0.15) is 0 Å². The van der Waals surface area contributed by atoms with Gasteiger partial charge in [0.1, 0.15) is 6.17 Å². The molecule has 1 aliphatic heterocycles. The zero-order valence-corrected chi connectivity index (χ0v) is 10.5. The average molecular weight is 236 g/mol. The van der Waals surface area contributed by atoms with Crippen LogP contribution in [0.4, 0.5) is 4.39 Å². The van der Waals surface area contributed by atoms with Crippen molar-refractivity contribution in [3.05, 3.63) is 35.4 Å². The Bertz CT molecular complexity index is 378. The second-order valence-corrected chi connectivity index (χ2v) is 5.15. The van der Waals surface area contributed by atoms with Gasteiger partial charge >= 0.3 is 0 Å². The largest absolute Gasteiger partial charge is 0.330 e. The van der Waals surface area contributed by atoms with Crippen LogP contribution < -0.4 is 11.1 Å². The molecule has 3 heteroatoms. The van der Waals surface area contributed by atoms with E-state index in [-0.39, 0.29) is 17.9 Å². The summed E-state index contributed by atoms with van der Waals surface area (Å²) in [4.78, 5) is 0. The molecule has 1 heterocycles. The molecule has 1 aromatic rings. The monoisotopic (exact) mass is 236 g/mol. The minimum Gasteiger partial charge on any atom is -0.330 e. The number of nitrogens with two attached hydrogens (primary N) is 1. The van der Waals surface area contributed by atoms with Gasteiger partial charge in [0.2, 0.25) is 0 Å². The zero-order chi connectivity index (χ0) is 12.4. The molecule has 1 aliphatic rings. The Labute approximate surface area is 102 Å². The van der Waals surface area contributed by atoms with Crippen LogP contribution in [-0.4, -0.2) is 12.7 Å². The fraction of sp³-hybridized carbons (Fsp3) is 0.571. The molecule has 1 aromatic carbocycles. The standard InChI is InChI=1S/C14H21FN2/c1-9(2)12(7-16)13(15)14-11-6-4-3-5-10(11)8-17-14/h3-6,9,12-14,17H,7-8,16H2,1-2H3. The molecule has 0 amide bonds. The quantitative estimate of drug-likeness (QED) is 0.842. The van der Waals surface area contributed by atoms with E-state index in [1.165, 1.54) is 5.56 Å². The number of nitrogens with one attached hydrogen (secondary N) is 1. The maximum Gasteiger partial charge on any atom is 0.124 e. The van der Waals surface area contributed by atoms with Crippen LogP contribution in [0.3, 0.4) is 0 Å². The summed E-state index contributed by atoms with van der Waals surface area (Å²) in [5.41, 5.74) is 8.00. The van der Waals surface area contributed by atoms with Gasteiger partial charge in [-0.15, -0.1) is 0 Å². The van der Waals surface area contributed by atoms with Crippen molar-refractivity contribution in [2.24, 2.45) is 17.6 Å².